The van der Waals surface area contributed by atoms with E-state index < -0.39 is 0 Å². The van der Waals surface area contributed by atoms with Gasteiger partial charge in [0.25, 0.3) is 5.91 Å². The highest BCUT2D eigenvalue weighted by Crippen LogP contribution is 2.15. The molecule has 0 bridgehead atoms. The van der Waals surface area contributed by atoms with Gasteiger partial charge >= 0.3 is 0 Å². The van der Waals surface area contributed by atoms with E-state index in [1.165, 1.54) is 5.56 Å². The van der Waals surface area contributed by atoms with Gasteiger partial charge in [0.2, 0.25) is 0 Å². The van der Waals surface area contributed by atoms with Crippen LogP contribution >= 0.6 is 0 Å². The van der Waals surface area contributed by atoms with Crippen molar-refractivity contribution in [3.63, 3.8) is 0 Å². The van der Waals surface area contributed by atoms with Crippen molar-refractivity contribution in [3.8, 4) is 0 Å². The number of amides is 1. The van der Waals surface area contributed by atoms with Crippen LogP contribution in [0.1, 0.15) is 27.0 Å². The summed E-state index contributed by atoms with van der Waals surface area (Å²) in [5, 5.41) is 1.11. The fourth-order valence-corrected chi connectivity index (χ4v) is 1.38. The Bertz CT molecular complexity index is 370. The molecule has 0 atom stereocenters. The fourth-order valence-electron chi connectivity index (χ4n) is 1.38. The van der Waals surface area contributed by atoms with E-state index >= 15 is 0 Å². The number of carbonyl (C=O) groups excluding carboxylic acids is 1. The van der Waals surface area contributed by atoms with Gasteiger partial charge < -0.3 is 0 Å². The zero-order valence-corrected chi connectivity index (χ0v) is 9.09. The molecule has 76 valence electrons. The fraction of sp³-hybridized carbons (Fsp3) is 0.364. The van der Waals surface area contributed by atoms with Gasteiger partial charge in [0, 0.05) is 12.6 Å². The Labute approximate surface area is 84.5 Å². The Morgan fingerprint density at radius 2 is 1.64 bits per heavy atom. The number of hydrogen-bond acceptors (Lipinski definition) is 2. The number of aryl methyl sites for hydroxylation is 3. The molecule has 3 nitrogen and oxygen atoms in total. The SMILES string of the molecule is Cc1cc(C)c(C(=O)N(C)N)cc1C. The summed E-state index contributed by atoms with van der Waals surface area (Å²) in [7, 11) is 1.55. The first-order valence-corrected chi connectivity index (χ1v) is 4.54. The van der Waals surface area contributed by atoms with E-state index in [-0.39, 0.29) is 5.91 Å². The average Bonchev–Trinajstić information content (AvgIpc) is 2.10. The molecule has 14 heavy (non-hydrogen) atoms. The van der Waals surface area contributed by atoms with Crippen molar-refractivity contribution in [1.29, 1.82) is 0 Å². The highest BCUT2D eigenvalue weighted by atomic mass is 16.2. The summed E-state index contributed by atoms with van der Waals surface area (Å²) in [5.74, 6) is 5.26. The van der Waals surface area contributed by atoms with Crippen LogP contribution in [-0.4, -0.2) is 18.0 Å². The smallest absolute Gasteiger partial charge is 0.267 e. The van der Waals surface area contributed by atoms with Crippen molar-refractivity contribution < 1.29 is 4.79 Å². The number of hydrogen-bond donors (Lipinski definition) is 1. The second-order valence-electron chi connectivity index (χ2n) is 3.67. The number of nitrogens with zero attached hydrogens (tertiary/aromatic N) is 1. The Balaban J connectivity index is 3.22. The van der Waals surface area contributed by atoms with E-state index in [9.17, 15) is 4.79 Å². The maximum absolute atomic E-state index is 11.6. The topological polar surface area (TPSA) is 46.3 Å². The van der Waals surface area contributed by atoms with E-state index in [0.717, 1.165) is 16.1 Å². The average molecular weight is 192 g/mol. The molecule has 1 aromatic rings. The number of benzene rings is 1. The first kappa shape index (κ1) is 10.7. The first-order chi connectivity index (χ1) is 6.43. The van der Waals surface area contributed by atoms with Crippen LogP contribution in [0.15, 0.2) is 12.1 Å². The van der Waals surface area contributed by atoms with Crippen LogP contribution in [0.4, 0.5) is 0 Å². The normalized spacial score (nSPS) is 10.1. The molecule has 0 saturated heterocycles. The molecule has 0 heterocycles. The lowest BCUT2D eigenvalue weighted by Crippen LogP contribution is -2.33. The van der Waals surface area contributed by atoms with Crippen molar-refractivity contribution in [2.24, 2.45) is 5.84 Å². The maximum Gasteiger partial charge on any atom is 0.267 e. The summed E-state index contributed by atoms with van der Waals surface area (Å²) < 4.78 is 0. The molecule has 2 N–H and O–H groups in total. The van der Waals surface area contributed by atoms with E-state index in [4.69, 9.17) is 5.84 Å². The Hall–Kier alpha value is -1.35. The summed E-state index contributed by atoms with van der Waals surface area (Å²) in [6.45, 7) is 5.94. The van der Waals surface area contributed by atoms with Crippen molar-refractivity contribution in [2.45, 2.75) is 20.8 Å². The molecule has 0 aliphatic carbocycles. The van der Waals surface area contributed by atoms with Crippen LogP contribution in [0.5, 0.6) is 0 Å². The minimum absolute atomic E-state index is 0.148. The van der Waals surface area contributed by atoms with Gasteiger partial charge in [-0.3, -0.25) is 9.80 Å². The molecule has 0 saturated carbocycles. The molecule has 0 aromatic heterocycles. The Kier molecular flexibility index (Phi) is 2.91. The Morgan fingerprint density at radius 3 is 2.14 bits per heavy atom. The van der Waals surface area contributed by atoms with Gasteiger partial charge in [0.15, 0.2) is 0 Å². The minimum Gasteiger partial charge on any atom is -0.280 e. The van der Waals surface area contributed by atoms with Crippen LogP contribution in [0.25, 0.3) is 0 Å². The maximum atomic E-state index is 11.6. The van der Waals surface area contributed by atoms with Crippen LogP contribution in [0.3, 0.4) is 0 Å². The molecule has 1 rings (SSSR count). The Morgan fingerprint density at radius 1 is 1.14 bits per heavy atom. The first-order valence-electron chi connectivity index (χ1n) is 4.54. The van der Waals surface area contributed by atoms with Gasteiger partial charge in [-0.15, -0.1) is 0 Å². The molecule has 0 fully saturated rings. The summed E-state index contributed by atoms with van der Waals surface area (Å²) in [6, 6.07) is 3.89. The van der Waals surface area contributed by atoms with Gasteiger partial charge in [-0.2, -0.15) is 0 Å². The van der Waals surface area contributed by atoms with Crippen molar-refractivity contribution in [2.75, 3.05) is 7.05 Å². The highest BCUT2D eigenvalue weighted by molar-refractivity contribution is 5.95. The lowest BCUT2D eigenvalue weighted by molar-refractivity contribution is 0.0794. The quantitative estimate of drug-likeness (QED) is 0.417. The van der Waals surface area contributed by atoms with Gasteiger partial charge in [-0.1, -0.05) is 6.07 Å². The number of nitrogens with two attached hydrogens (primary N) is 1. The highest BCUT2D eigenvalue weighted by Gasteiger charge is 2.12. The van der Waals surface area contributed by atoms with E-state index in [2.05, 4.69) is 0 Å². The lowest BCUT2D eigenvalue weighted by Gasteiger charge is -2.13. The van der Waals surface area contributed by atoms with Crippen LogP contribution in [0.2, 0.25) is 0 Å². The van der Waals surface area contributed by atoms with Gasteiger partial charge in [0.05, 0.1) is 0 Å². The van der Waals surface area contributed by atoms with Gasteiger partial charge in [-0.25, -0.2) is 5.84 Å². The molecule has 0 aliphatic heterocycles. The van der Waals surface area contributed by atoms with Crippen molar-refractivity contribution in [1.82, 2.24) is 5.01 Å². The molecular formula is C11H16N2O. The molecule has 0 spiro atoms. The lowest BCUT2D eigenvalue weighted by atomic mass is 10.0. The van der Waals surface area contributed by atoms with Gasteiger partial charge in [-0.05, 0) is 43.5 Å². The third kappa shape index (κ3) is 1.93. The molecular weight excluding hydrogens is 176 g/mol. The second kappa shape index (κ2) is 3.80. The number of rotatable bonds is 1. The molecule has 3 heteroatoms. The van der Waals surface area contributed by atoms with Crippen LogP contribution in [0, 0.1) is 20.8 Å². The molecule has 0 radical (unpaired) electrons. The van der Waals surface area contributed by atoms with E-state index in [0.29, 0.717) is 5.56 Å². The molecule has 0 aliphatic rings. The van der Waals surface area contributed by atoms with Crippen LogP contribution < -0.4 is 5.84 Å². The zero-order valence-electron chi connectivity index (χ0n) is 9.09. The van der Waals surface area contributed by atoms with Crippen molar-refractivity contribution >= 4 is 5.91 Å². The zero-order chi connectivity index (χ0) is 10.9. The molecule has 1 amide bonds. The van der Waals surface area contributed by atoms with Gasteiger partial charge in [0.1, 0.15) is 0 Å². The largest absolute Gasteiger partial charge is 0.280 e. The second-order valence-corrected chi connectivity index (χ2v) is 3.67. The standard InChI is InChI=1S/C11H16N2O/c1-7-5-9(3)10(6-8(7)2)11(14)13(4)12/h5-6H,12H2,1-4H3. The third-order valence-electron chi connectivity index (χ3n) is 2.39. The summed E-state index contributed by atoms with van der Waals surface area (Å²) in [6.07, 6.45) is 0. The predicted molar refractivity (Wildman–Crippen MR) is 56.9 cm³/mol. The number of carbonyl (C=O) groups is 1. The summed E-state index contributed by atoms with van der Waals surface area (Å²) >= 11 is 0. The monoisotopic (exact) mass is 192 g/mol. The number of hydrazine groups is 1. The third-order valence-corrected chi connectivity index (χ3v) is 2.39. The van der Waals surface area contributed by atoms with E-state index in [1.807, 2.05) is 32.9 Å². The van der Waals surface area contributed by atoms with Crippen molar-refractivity contribution in [3.05, 3.63) is 34.4 Å². The van der Waals surface area contributed by atoms with E-state index in [1.54, 1.807) is 7.05 Å². The molecule has 1 aromatic carbocycles. The summed E-state index contributed by atoms with van der Waals surface area (Å²) in [5.41, 5.74) is 3.95. The predicted octanol–water partition coefficient (Wildman–Crippen LogP) is 1.56. The molecule has 0 unspecified atom stereocenters. The minimum atomic E-state index is -0.148. The van der Waals surface area contributed by atoms with Crippen LogP contribution in [-0.2, 0) is 0 Å². The summed E-state index contributed by atoms with van der Waals surface area (Å²) in [4.78, 5) is 11.6.